The van der Waals surface area contributed by atoms with Crippen LogP contribution < -0.4 is 5.32 Å². The lowest BCUT2D eigenvalue weighted by Gasteiger charge is -2.07. The van der Waals surface area contributed by atoms with Gasteiger partial charge in [-0.3, -0.25) is 4.98 Å². The highest BCUT2D eigenvalue weighted by atomic mass is 127. The predicted molar refractivity (Wildman–Crippen MR) is 79.8 cm³/mol. The molecular formula is C13H9IN4. The molecule has 0 aliphatic carbocycles. The van der Waals surface area contributed by atoms with Gasteiger partial charge in [0.05, 0.1) is 11.2 Å². The monoisotopic (exact) mass is 348 g/mol. The molecule has 0 fully saturated rings. The van der Waals surface area contributed by atoms with Crippen LogP contribution >= 0.6 is 22.6 Å². The molecular weight excluding hydrogens is 339 g/mol. The Morgan fingerprint density at radius 2 is 1.78 bits per heavy atom. The van der Waals surface area contributed by atoms with Crippen LogP contribution in [0.1, 0.15) is 0 Å². The molecule has 0 aliphatic heterocycles. The fraction of sp³-hybridized carbons (Fsp3) is 0. The Bertz CT molecular complexity index is 677. The molecule has 0 atom stereocenters. The number of pyridine rings is 1. The van der Waals surface area contributed by atoms with Gasteiger partial charge in [0.2, 0.25) is 5.95 Å². The number of benzene rings is 1. The first-order valence-electron chi connectivity index (χ1n) is 5.41. The number of fused-ring (bicyclic) bond motifs is 1. The summed E-state index contributed by atoms with van der Waals surface area (Å²) in [5.74, 6) is 0.590. The van der Waals surface area contributed by atoms with Gasteiger partial charge in [-0.2, -0.15) is 0 Å². The van der Waals surface area contributed by atoms with Gasteiger partial charge < -0.3 is 5.32 Å². The molecule has 0 bridgehead atoms. The second kappa shape index (κ2) is 4.85. The minimum Gasteiger partial charge on any atom is -0.324 e. The summed E-state index contributed by atoms with van der Waals surface area (Å²) in [5.41, 5.74) is 1.91. The molecule has 0 unspecified atom stereocenters. The van der Waals surface area contributed by atoms with E-state index in [1.807, 2.05) is 30.3 Å². The maximum Gasteiger partial charge on any atom is 0.227 e. The van der Waals surface area contributed by atoms with Crippen LogP contribution in [0.3, 0.4) is 0 Å². The zero-order chi connectivity index (χ0) is 12.4. The van der Waals surface area contributed by atoms with Crippen LogP contribution in [0.15, 0.2) is 48.9 Å². The Morgan fingerprint density at radius 3 is 2.61 bits per heavy atom. The third-order valence-electron chi connectivity index (χ3n) is 2.51. The standard InChI is InChI=1S/C13H9IN4/c14-9-7-16-13(17-8-9)18-12-5-1-4-11-10(12)3-2-6-15-11/h1-8H,(H,16,17,18). The Labute approximate surface area is 118 Å². The van der Waals surface area contributed by atoms with Crippen LogP contribution in [-0.2, 0) is 0 Å². The highest BCUT2D eigenvalue weighted by Gasteiger charge is 2.02. The molecule has 0 aliphatic rings. The maximum absolute atomic E-state index is 4.32. The smallest absolute Gasteiger partial charge is 0.227 e. The molecule has 3 aromatic rings. The zero-order valence-electron chi connectivity index (χ0n) is 9.34. The summed E-state index contributed by atoms with van der Waals surface area (Å²) in [7, 11) is 0. The number of aromatic nitrogens is 3. The summed E-state index contributed by atoms with van der Waals surface area (Å²) in [4.78, 5) is 12.8. The molecule has 88 valence electrons. The largest absolute Gasteiger partial charge is 0.324 e. The third-order valence-corrected chi connectivity index (χ3v) is 3.07. The van der Waals surface area contributed by atoms with Crippen LogP contribution in [0.2, 0.25) is 0 Å². The molecule has 18 heavy (non-hydrogen) atoms. The van der Waals surface area contributed by atoms with Gasteiger partial charge in [-0.15, -0.1) is 0 Å². The van der Waals surface area contributed by atoms with Crippen molar-refractivity contribution >= 4 is 45.1 Å². The molecule has 1 aromatic carbocycles. The number of nitrogens with zero attached hydrogens (tertiary/aromatic N) is 3. The van der Waals surface area contributed by atoms with E-state index in [2.05, 4.69) is 42.9 Å². The number of hydrogen-bond acceptors (Lipinski definition) is 4. The first-order chi connectivity index (χ1) is 8.83. The van der Waals surface area contributed by atoms with Gasteiger partial charge in [0.15, 0.2) is 0 Å². The van der Waals surface area contributed by atoms with Gasteiger partial charge in [-0.05, 0) is 46.9 Å². The van der Waals surface area contributed by atoms with Crippen molar-refractivity contribution in [2.75, 3.05) is 5.32 Å². The van der Waals surface area contributed by atoms with Crippen LogP contribution in [0.4, 0.5) is 11.6 Å². The molecule has 0 spiro atoms. The second-order valence-electron chi connectivity index (χ2n) is 3.73. The van der Waals surface area contributed by atoms with E-state index in [4.69, 9.17) is 0 Å². The van der Waals surface area contributed by atoms with Crippen molar-refractivity contribution in [3.8, 4) is 0 Å². The van der Waals surface area contributed by atoms with E-state index in [-0.39, 0.29) is 0 Å². The van der Waals surface area contributed by atoms with Gasteiger partial charge in [0, 0.05) is 27.5 Å². The minimum absolute atomic E-state index is 0.590. The number of rotatable bonds is 2. The molecule has 0 saturated carbocycles. The van der Waals surface area contributed by atoms with Crippen molar-refractivity contribution in [3.63, 3.8) is 0 Å². The summed E-state index contributed by atoms with van der Waals surface area (Å²) in [6.45, 7) is 0. The van der Waals surface area contributed by atoms with Crippen molar-refractivity contribution in [2.45, 2.75) is 0 Å². The fourth-order valence-electron chi connectivity index (χ4n) is 1.71. The lowest BCUT2D eigenvalue weighted by Crippen LogP contribution is -1.97. The Kier molecular flexibility index (Phi) is 3.06. The highest BCUT2D eigenvalue weighted by molar-refractivity contribution is 14.1. The molecule has 2 aromatic heterocycles. The number of hydrogen-bond donors (Lipinski definition) is 1. The molecule has 4 nitrogen and oxygen atoms in total. The van der Waals surface area contributed by atoms with Gasteiger partial charge in [0.25, 0.3) is 0 Å². The lowest BCUT2D eigenvalue weighted by molar-refractivity contribution is 1.15. The molecule has 1 N–H and O–H groups in total. The predicted octanol–water partition coefficient (Wildman–Crippen LogP) is 3.37. The third kappa shape index (κ3) is 2.26. The van der Waals surface area contributed by atoms with E-state index in [0.29, 0.717) is 5.95 Å². The average molecular weight is 348 g/mol. The van der Waals surface area contributed by atoms with Crippen molar-refractivity contribution in [1.82, 2.24) is 15.0 Å². The maximum atomic E-state index is 4.32. The van der Waals surface area contributed by atoms with Crippen LogP contribution in [-0.4, -0.2) is 15.0 Å². The number of nitrogens with one attached hydrogen (secondary N) is 1. The van der Waals surface area contributed by atoms with Crippen LogP contribution in [0.25, 0.3) is 10.9 Å². The van der Waals surface area contributed by atoms with Crippen LogP contribution in [0.5, 0.6) is 0 Å². The molecule has 0 saturated heterocycles. The summed E-state index contributed by atoms with van der Waals surface area (Å²) in [6.07, 6.45) is 5.34. The summed E-state index contributed by atoms with van der Waals surface area (Å²) in [5, 5.41) is 4.27. The first-order valence-corrected chi connectivity index (χ1v) is 6.49. The summed E-state index contributed by atoms with van der Waals surface area (Å²) < 4.78 is 1.01. The Hall–Kier alpha value is -1.76. The lowest BCUT2D eigenvalue weighted by atomic mass is 10.2. The van der Waals surface area contributed by atoms with Crippen LogP contribution in [0, 0.1) is 3.57 Å². The van der Waals surface area contributed by atoms with Gasteiger partial charge in [-0.1, -0.05) is 6.07 Å². The average Bonchev–Trinajstić information content (AvgIpc) is 2.42. The van der Waals surface area contributed by atoms with Crippen molar-refractivity contribution in [3.05, 3.63) is 52.5 Å². The first kappa shape index (κ1) is 11.3. The molecule has 0 amide bonds. The molecule has 5 heteroatoms. The summed E-state index contributed by atoms with van der Waals surface area (Å²) in [6, 6.07) is 9.88. The molecule has 2 heterocycles. The van der Waals surface area contributed by atoms with Crippen molar-refractivity contribution in [1.29, 1.82) is 0 Å². The number of halogens is 1. The topological polar surface area (TPSA) is 50.7 Å². The normalized spacial score (nSPS) is 10.5. The van der Waals surface area contributed by atoms with E-state index in [0.717, 1.165) is 20.2 Å². The van der Waals surface area contributed by atoms with E-state index in [9.17, 15) is 0 Å². The van der Waals surface area contributed by atoms with E-state index in [1.54, 1.807) is 18.6 Å². The van der Waals surface area contributed by atoms with Crippen molar-refractivity contribution in [2.24, 2.45) is 0 Å². The quantitative estimate of drug-likeness (QED) is 0.722. The second-order valence-corrected chi connectivity index (χ2v) is 4.97. The van der Waals surface area contributed by atoms with Gasteiger partial charge in [0.1, 0.15) is 0 Å². The van der Waals surface area contributed by atoms with Crippen molar-refractivity contribution < 1.29 is 0 Å². The van der Waals surface area contributed by atoms with E-state index >= 15 is 0 Å². The SMILES string of the molecule is Ic1cnc(Nc2cccc3ncccc23)nc1. The molecule has 0 radical (unpaired) electrons. The highest BCUT2D eigenvalue weighted by Crippen LogP contribution is 2.23. The van der Waals surface area contributed by atoms with Gasteiger partial charge in [-0.25, -0.2) is 9.97 Å². The number of anilines is 2. The summed E-state index contributed by atoms with van der Waals surface area (Å²) >= 11 is 2.18. The van der Waals surface area contributed by atoms with E-state index < -0.39 is 0 Å². The minimum atomic E-state index is 0.590. The Balaban J connectivity index is 2.02. The van der Waals surface area contributed by atoms with E-state index in [1.165, 1.54) is 0 Å². The van der Waals surface area contributed by atoms with Gasteiger partial charge >= 0.3 is 0 Å². The zero-order valence-corrected chi connectivity index (χ0v) is 11.5. The molecule has 3 rings (SSSR count). The Morgan fingerprint density at radius 1 is 0.944 bits per heavy atom. The fourth-order valence-corrected chi connectivity index (χ4v) is 1.99.